The van der Waals surface area contributed by atoms with Crippen LogP contribution in [-0.4, -0.2) is 83.6 Å². The standard InChI is InChI=1S/C51H67N5O5/c1-2-3-4-5-6-7-8-9-10-11-12-19-24-47(57)52-40-29-30-55(33-40)50(60)38-25-27-39(28-26-38)51(61)56-34-43(48(58)53-45-31-41(45)36-20-15-13-16-21-36)44(35-56)49(59)54-46-32-42(46)37-22-17-14-18-23-37/h13-18,20-23,25-28,40-46H,2-12,19,24,29-35H2,1H3,(H,52,57)(H,53,58)(H,54,59)/t40-,41+,42+,43+,44+,45-,46-/m0/s1. The van der Waals surface area contributed by atoms with Gasteiger partial charge < -0.3 is 25.8 Å². The van der Waals surface area contributed by atoms with Crippen LogP contribution < -0.4 is 16.0 Å². The van der Waals surface area contributed by atoms with E-state index >= 15 is 0 Å². The summed E-state index contributed by atoms with van der Waals surface area (Å²) in [6.07, 6.45) is 18.0. The lowest BCUT2D eigenvalue weighted by Crippen LogP contribution is -2.43. The van der Waals surface area contributed by atoms with Crippen LogP contribution in [-0.2, 0) is 14.4 Å². The molecule has 326 valence electrons. The zero-order chi connectivity index (χ0) is 42.6. The Labute approximate surface area is 363 Å². The molecule has 0 aromatic heterocycles. The Morgan fingerprint density at radius 3 is 1.44 bits per heavy atom. The summed E-state index contributed by atoms with van der Waals surface area (Å²) in [5, 5.41) is 9.53. The summed E-state index contributed by atoms with van der Waals surface area (Å²) in [5.74, 6) is -1.60. The molecule has 2 saturated heterocycles. The van der Waals surface area contributed by atoms with Crippen LogP contribution in [0.2, 0.25) is 0 Å². The number of hydrogen-bond acceptors (Lipinski definition) is 5. The molecule has 2 aliphatic carbocycles. The lowest BCUT2D eigenvalue weighted by molar-refractivity contribution is -0.133. The molecule has 61 heavy (non-hydrogen) atoms. The van der Waals surface area contributed by atoms with Crippen molar-refractivity contribution in [3.63, 3.8) is 0 Å². The highest BCUT2D eigenvalue weighted by Crippen LogP contribution is 2.42. The monoisotopic (exact) mass is 830 g/mol. The largest absolute Gasteiger partial charge is 0.352 e. The van der Waals surface area contributed by atoms with Crippen LogP contribution in [0, 0.1) is 11.8 Å². The minimum atomic E-state index is -0.677. The van der Waals surface area contributed by atoms with Gasteiger partial charge in [0, 0.05) is 73.7 Å². The van der Waals surface area contributed by atoms with Crippen molar-refractivity contribution in [2.45, 2.75) is 140 Å². The molecule has 10 heteroatoms. The Bertz CT molecular complexity index is 1850. The van der Waals surface area contributed by atoms with Gasteiger partial charge in [0.2, 0.25) is 17.7 Å². The third-order valence-electron chi connectivity index (χ3n) is 13.4. The van der Waals surface area contributed by atoms with Crippen LogP contribution in [0.25, 0.3) is 0 Å². The van der Waals surface area contributed by atoms with Crippen LogP contribution in [0.3, 0.4) is 0 Å². The number of hydrogen-bond donors (Lipinski definition) is 3. The molecule has 2 saturated carbocycles. The predicted molar refractivity (Wildman–Crippen MR) is 239 cm³/mol. The van der Waals surface area contributed by atoms with E-state index in [1.54, 1.807) is 34.1 Å². The molecule has 4 aliphatic rings. The van der Waals surface area contributed by atoms with Crippen molar-refractivity contribution in [3.05, 3.63) is 107 Å². The summed E-state index contributed by atoms with van der Waals surface area (Å²) in [7, 11) is 0. The highest BCUT2D eigenvalue weighted by molar-refractivity contribution is 5.99. The first-order valence-corrected chi connectivity index (χ1v) is 23.5. The van der Waals surface area contributed by atoms with Crippen molar-refractivity contribution >= 4 is 29.5 Å². The van der Waals surface area contributed by atoms with Gasteiger partial charge >= 0.3 is 0 Å². The van der Waals surface area contributed by atoms with Crippen molar-refractivity contribution < 1.29 is 24.0 Å². The second-order valence-electron chi connectivity index (χ2n) is 18.2. The van der Waals surface area contributed by atoms with Crippen molar-refractivity contribution in [1.29, 1.82) is 0 Å². The molecule has 2 heterocycles. The van der Waals surface area contributed by atoms with Crippen LogP contribution in [0.4, 0.5) is 0 Å². The molecule has 2 aliphatic heterocycles. The highest BCUT2D eigenvalue weighted by atomic mass is 16.2. The zero-order valence-electron chi connectivity index (χ0n) is 36.2. The Morgan fingerprint density at radius 2 is 0.967 bits per heavy atom. The van der Waals surface area contributed by atoms with Gasteiger partial charge in [-0.3, -0.25) is 24.0 Å². The van der Waals surface area contributed by atoms with E-state index in [9.17, 15) is 24.0 Å². The topological polar surface area (TPSA) is 128 Å². The molecular weight excluding hydrogens is 763 g/mol. The molecule has 0 unspecified atom stereocenters. The third-order valence-corrected chi connectivity index (χ3v) is 13.4. The van der Waals surface area contributed by atoms with E-state index in [0.717, 1.165) is 25.7 Å². The van der Waals surface area contributed by atoms with Gasteiger partial charge in [-0.25, -0.2) is 0 Å². The van der Waals surface area contributed by atoms with Crippen molar-refractivity contribution in [2.75, 3.05) is 26.2 Å². The van der Waals surface area contributed by atoms with Crippen molar-refractivity contribution in [1.82, 2.24) is 25.8 Å². The molecule has 4 fully saturated rings. The maximum Gasteiger partial charge on any atom is 0.253 e. The fraction of sp³-hybridized carbons (Fsp3) is 0.549. The van der Waals surface area contributed by atoms with Gasteiger partial charge in [0.05, 0.1) is 11.8 Å². The summed E-state index contributed by atoms with van der Waals surface area (Å²) < 4.78 is 0. The van der Waals surface area contributed by atoms with Gasteiger partial charge in [0.25, 0.3) is 11.8 Å². The number of unbranched alkanes of at least 4 members (excludes halogenated alkanes) is 11. The molecule has 7 rings (SSSR count). The molecule has 0 bridgehead atoms. The highest BCUT2D eigenvalue weighted by Gasteiger charge is 2.49. The number of nitrogens with one attached hydrogen (secondary N) is 3. The molecular formula is C51H67N5O5. The maximum atomic E-state index is 13.9. The number of amides is 5. The van der Waals surface area contributed by atoms with Crippen LogP contribution in [0.15, 0.2) is 84.9 Å². The molecule has 5 amide bonds. The average molecular weight is 830 g/mol. The number of carbonyl (C=O) groups excluding carboxylic acids is 5. The van der Waals surface area contributed by atoms with Crippen LogP contribution >= 0.6 is 0 Å². The Hall–Kier alpha value is -4.99. The van der Waals surface area contributed by atoms with E-state index in [-0.39, 0.29) is 72.6 Å². The summed E-state index contributed by atoms with van der Waals surface area (Å²) in [6, 6.07) is 26.9. The molecule has 0 spiro atoms. The lowest BCUT2D eigenvalue weighted by Gasteiger charge is -2.18. The van der Waals surface area contributed by atoms with Crippen molar-refractivity contribution in [2.24, 2.45) is 11.8 Å². The Morgan fingerprint density at radius 1 is 0.525 bits per heavy atom. The summed E-state index contributed by atoms with van der Waals surface area (Å²) in [6.45, 7) is 3.55. The van der Waals surface area contributed by atoms with Gasteiger partial charge in [-0.1, -0.05) is 138 Å². The minimum absolute atomic E-state index is 0.00515. The first-order valence-electron chi connectivity index (χ1n) is 23.5. The van der Waals surface area contributed by atoms with E-state index in [2.05, 4.69) is 47.1 Å². The van der Waals surface area contributed by atoms with Crippen molar-refractivity contribution in [3.8, 4) is 0 Å². The van der Waals surface area contributed by atoms with Gasteiger partial charge in [-0.2, -0.15) is 0 Å². The number of nitrogens with zero attached hydrogens (tertiary/aromatic N) is 2. The van der Waals surface area contributed by atoms with Crippen LogP contribution in [0.1, 0.15) is 153 Å². The summed E-state index contributed by atoms with van der Waals surface area (Å²) in [4.78, 5) is 71.2. The van der Waals surface area contributed by atoms with Crippen LogP contribution in [0.5, 0.6) is 0 Å². The fourth-order valence-electron chi connectivity index (χ4n) is 9.54. The molecule has 3 aromatic carbocycles. The SMILES string of the molecule is CCCCCCCCCCCCCCC(=O)N[C@H]1CCN(C(=O)c2ccc(C(=O)N3C[C@@H](C(=O)N[C@H]4C[C@@H]4c4ccccc4)[C@H](C(=O)N[C@H]4C[C@@H]4c4ccccc4)C3)cc2)C1. The van der Waals surface area contributed by atoms with Gasteiger partial charge in [-0.15, -0.1) is 0 Å². The smallest absolute Gasteiger partial charge is 0.253 e. The molecule has 0 radical (unpaired) electrons. The molecule has 7 atom stereocenters. The molecule has 3 N–H and O–H groups in total. The Kier molecular flexibility index (Phi) is 15.7. The first kappa shape index (κ1) is 44.1. The van der Waals surface area contributed by atoms with E-state index < -0.39 is 11.8 Å². The van der Waals surface area contributed by atoms with Gasteiger partial charge in [0.15, 0.2) is 0 Å². The number of likely N-dealkylation sites (tertiary alicyclic amines) is 2. The summed E-state index contributed by atoms with van der Waals surface area (Å²) in [5.41, 5.74) is 3.25. The maximum absolute atomic E-state index is 13.9. The second-order valence-corrected chi connectivity index (χ2v) is 18.2. The second kappa shape index (κ2) is 21.7. The predicted octanol–water partition coefficient (Wildman–Crippen LogP) is 8.14. The first-order chi connectivity index (χ1) is 29.8. The number of benzene rings is 3. The van der Waals surface area contributed by atoms with E-state index in [4.69, 9.17) is 0 Å². The summed E-state index contributed by atoms with van der Waals surface area (Å²) >= 11 is 0. The average Bonchev–Trinajstić information content (AvgIpc) is 4.12. The lowest BCUT2D eigenvalue weighted by atomic mass is 9.94. The third kappa shape index (κ3) is 12.3. The van der Waals surface area contributed by atoms with E-state index in [1.807, 2.05) is 36.4 Å². The Balaban J connectivity index is 0.862. The minimum Gasteiger partial charge on any atom is -0.352 e. The molecule has 3 aromatic rings. The normalized spacial score (nSPS) is 24.0. The van der Waals surface area contributed by atoms with Gasteiger partial charge in [-0.05, 0) is 61.1 Å². The van der Waals surface area contributed by atoms with Gasteiger partial charge in [0.1, 0.15) is 0 Å². The fourth-order valence-corrected chi connectivity index (χ4v) is 9.54. The van der Waals surface area contributed by atoms with E-state index in [1.165, 1.54) is 75.3 Å². The molecule has 10 nitrogen and oxygen atoms in total. The number of rotatable bonds is 22. The van der Waals surface area contributed by atoms with E-state index in [0.29, 0.717) is 37.1 Å². The quantitative estimate of drug-likeness (QED) is 0.0882. The zero-order valence-corrected chi connectivity index (χ0v) is 36.2. The number of carbonyl (C=O) groups is 5.